The van der Waals surface area contributed by atoms with Gasteiger partial charge in [-0.1, -0.05) is 12.1 Å². The van der Waals surface area contributed by atoms with Crippen molar-refractivity contribution in [3.8, 4) is 34.3 Å². The van der Waals surface area contributed by atoms with E-state index in [4.69, 9.17) is 9.47 Å². The summed E-state index contributed by atoms with van der Waals surface area (Å²) in [5, 5.41) is 16.5. The van der Waals surface area contributed by atoms with Crippen LogP contribution in [-0.2, 0) is 19.6 Å². The van der Waals surface area contributed by atoms with Crippen molar-refractivity contribution in [2.75, 3.05) is 0 Å². The Labute approximate surface area is 311 Å². The molecule has 0 spiro atoms. The van der Waals surface area contributed by atoms with Crippen LogP contribution >= 0.6 is 0 Å². The summed E-state index contributed by atoms with van der Waals surface area (Å²) < 4.78 is 15.9. The van der Waals surface area contributed by atoms with Crippen LogP contribution in [0.3, 0.4) is 0 Å². The number of nitrogens with one attached hydrogen (secondary N) is 1. The van der Waals surface area contributed by atoms with Crippen molar-refractivity contribution in [1.82, 2.24) is 39.7 Å². The van der Waals surface area contributed by atoms with Crippen molar-refractivity contribution in [2.45, 2.75) is 59.4 Å². The first kappa shape index (κ1) is 35.6. The van der Waals surface area contributed by atoms with E-state index in [1.165, 1.54) is 0 Å². The number of hydrogen-bond acceptors (Lipinski definition) is 10. The summed E-state index contributed by atoms with van der Waals surface area (Å²) in [6.07, 6.45) is 12.8. The Hall–Kier alpha value is -6.76. The number of aliphatic imine (C=N–C) groups is 1. The number of hydrogen-bond donors (Lipinski definition) is 1. The van der Waals surface area contributed by atoms with Crippen LogP contribution in [-0.4, -0.2) is 58.5 Å². The Bertz CT molecular complexity index is 2460. The molecule has 0 fully saturated rings. The smallest absolute Gasteiger partial charge is 0.155 e. The number of ether oxygens (including phenoxy) is 2. The molecule has 0 amide bonds. The number of carbonyl (C=O) groups excluding carboxylic acids is 2. The molecule has 0 aliphatic carbocycles. The summed E-state index contributed by atoms with van der Waals surface area (Å²) in [5.41, 5.74) is 8.86. The second kappa shape index (κ2) is 15.9. The van der Waals surface area contributed by atoms with Crippen LogP contribution in [0.4, 0.5) is 5.69 Å². The number of aromatic nitrogens is 8. The van der Waals surface area contributed by atoms with Crippen LogP contribution in [0, 0.1) is 0 Å². The fraction of sp³-hybridized carbons (Fsp3) is 0.220. The number of aldehydes is 2. The van der Waals surface area contributed by atoms with Crippen LogP contribution < -0.4 is 9.47 Å². The summed E-state index contributed by atoms with van der Waals surface area (Å²) in [4.78, 5) is 36.5. The van der Waals surface area contributed by atoms with Crippen molar-refractivity contribution in [3.63, 3.8) is 0 Å². The molecule has 13 heteroatoms. The minimum Gasteiger partial charge on any atom is -0.488 e. The van der Waals surface area contributed by atoms with Gasteiger partial charge in [-0.05, 0) is 81.8 Å². The van der Waals surface area contributed by atoms with E-state index in [1.807, 2.05) is 64.1 Å². The molecule has 1 aliphatic heterocycles. The average Bonchev–Trinajstić information content (AvgIpc) is 4.03. The van der Waals surface area contributed by atoms with Gasteiger partial charge in [0.25, 0.3) is 0 Å². The number of carbonyl (C=O) groups is 2. The first-order chi connectivity index (χ1) is 26.4. The van der Waals surface area contributed by atoms with Gasteiger partial charge in [0.15, 0.2) is 12.6 Å². The Morgan fingerprint density at radius 1 is 0.722 bits per heavy atom. The highest BCUT2D eigenvalue weighted by Crippen LogP contribution is 2.34. The van der Waals surface area contributed by atoms with E-state index in [2.05, 4.69) is 63.1 Å². The van der Waals surface area contributed by atoms with Crippen LogP contribution in [0.1, 0.15) is 77.2 Å². The third-order valence-corrected chi connectivity index (χ3v) is 9.02. The van der Waals surface area contributed by atoms with Gasteiger partial charge in [-0.15, -0.1) is 0 Å². The minimum atomic E-state index is 0.218. The van der Waals surface area contributed by atoms with Gasteiger partial charge in [0.05, 0.1) is 51.3 Å². The zero-order valence-corrected chi connectivity index (χ0v) is 30.4. The Kier molecular flexibility index (Phi) is 10.5. The van der Waals surface area contributed by atoms with Crippen LogP contribution in [0.5, 0.6) is 11.5 Å². The predicted molar refractivity (Wildman–Crippen MR) is 206 cm³/mol. The lowest BCUT2D eigenvalue weighted by atomic mass is 10.0. The third kappa shape index (κ3) is 7.16. The SMILES string of the molecule is CC(C)n1nccc1-c1ncccc1COc1ccc2c(c1C=O)CC=N2.CC(C)n1nccc1-c1ncccc1COc1ccc2cn[nH]c2c1C=O. The number of fused-ring (bicyclic) bond motifs is 2. The topological polar surface area (TPSA) is 155 Å². The maximum absolute atomic E-state index is 11.6. The van der Waals surface area contributed by atoms with Gasteiger partial charge in [-0.2, -0.15) is 15.3 Å². The molecule has 0 bridgehead atoms. The highest BCUT2D eigenvalue weighted by Gasteiger charge is 2.19. The molecule has 6 heterocycles. The molecule has 0 saturated carbocycles. The predicted octanol–water partition coefficient (Wildman–Crippen LogP) is 7.97. The summed E-state index contributed by atoms with van der Waals surface area (Å²) in [6.45, 7) is 8.91. The molecule has 1 N–H and O–H groups in total. The quantitative estimate of drug-likeness (QED) is 0.124. The van der Waals surface area contributed by atoms with Crippen LogP contribution in [0.25, 0.3) is 33.7 Å². The fourth-order valence-electron chi connectivity index (χ4n) is 6.43. The van der Waals surface area contributed by atoms with Crippen molar-refractivity contribution >= 4 is 35.4 Å². The average molecular weight is 722 g/mol. The van der Waals surface area contributed by atoms with Gasteiger partial charge >= 0.3 is 0 Å². The molecule has 0 saturated heterocycles. The summed E-state index contributed by atoms with van der Waals surface area (Å²) in [7, 11) is 0. The van der Waals surface area contributed by atoms with Gasteiger partial charge in [-0.3, -0.25) is 39.0 Å². The van der Waals surface area contributed by atoms with Crippen molar-refractivity contribution in [3.05, 3.63) is 119 Å². The molecular weight excluding hydrogens is 683 g/mol. The second-order valence-electron chi connectivity index (χ2n) is 13.1. The Morgan fingerprint density at radius 2 is 1.30 bits per heavy atom. The second-order valence-corrected chi connectivity index (χ2v) is 13.1. The van der Waals surface area contributed by atoms with Gasteiger partial charge in [0.2, 0.25) is 0 Å². The molecule has 272 valence electrons. The van der Waals surface area contributed by atoms with E-state index in [1.54, 1.807) is 43.1 Å². The lowest BCUT2D eigenvalue weighted by Crippen LogP contribution is -2.08. The molecule has 5 aromatic heterocycles. The van der Waals surface area contributed by atoms with Gasteiger partial charge in [-0.25, -0.2) is 0 Å². The number of pyridine rings is 2. The summed E-state index contributed by atoms with van der Waals surface area (Å²) in [5.74, 6) is 1.08. The first-order valence-electron chi connectivity index (χ1n) is 17.6. The van der Waals surface area contributed by atoms with E-state index in [-0.39, 0.29) is 18.7 Å². The molecule has 54 heavy (non-hydrogen) atoms. The van der Waals surface area contributed by atoms with Crippen molar-refractivity contribution < 1.29 is 19.1 Å². The molecule has 0 atom stereocenters. The normalized spacial score (nSPS) is 11.8. The zero-order valence-electron chi connectivity index (χ0n) is 30.4. The Balaban J connectivity index is 0.000000167. The van der Waals surface area contributed by atoms with Gasteiger partial charge in [0.1, 0.15) is 24.7 Å². The van der Waals surface area contributed by atoms with E-state index < -0.39 is 0 Å². The van der Waals surface area contributed by atoms with Crippen LogP contribution in [0.2, 0.25) is 0 Å². The first-order valence-corrected chi connectivity index (χ1v) is 17.6. The highest BCUT2D eigenvalue weighted by molar-refractivity contribution is 5.98. The van der Waals surface area contributed by atoms with E-state index >= 15 is 0 Å². The zero-order chi connectivity index (χ0) is 37.6. The number of benzene rings is 2. The maximum atomic E-state index is 11.6. The van der Waals surface area contributed by atoms with Crippen LogP contribution in [0.15, 0.2) is 96.6 Å². The molecule has 7 aromatic rings. The highest BCUT2D eigenvalue weighted by atomic mass is 16.5. The largest absolute Gasteiger partial charge is 0.488 e. The number of nitrogens with zero attached hydrogens (tertiary/aromatic N) is 8. The van der Waals surface area contributed by atoms with Gasteiger partial charge in [0, 0.05) is 66.0 Å². The van der Waals surface area contributed by atoms with Crippen molar-refractivity contribution in [2.24, 2.45) is 4.99 Å². The lowest BCUT2D eigenvalue weighted by molar-refractivity contribution is 0.111. The fourth-order valence-corrected chi connectivity index (χ4v) is 6.43. The monoisotopic (exact) mass is 721 g/mol. The standard InChI is InChI=1S/C21H20N4O2.C20H19N5O2/c1-14(2)25-19(8-11-24-25)21-15(4-3-9-23-21)13-27-20-6-5-18-16(7-10-22-18)17(20)12-26;1-13(2)25-17(7-9-23-25)20-15(4-3-8-21-20)12-27-18-6-5-14-10-22-24-19(14)16(18)11-26/h3-6,8-12,14H,7,13H2,1-2H3;3-11,13H,12H2,1-2H3,(H,22,24). The summed E-state index contributed by atoms with van der Waals surface area (Å²) >= 11 is 0. The maximum Gasteiger partial charge on any atom is 0.155 e. The molecule has 2 aromatic carbocycles. The molecule has 13 nitrogen and oxygen atoms in total. The third-order valence-electron chi connectivity index (χ3n) is 9.02. The van der Waals surface area contributed by atoms with Crippen molar-refractivity contribution in [1.29, 1.82) is 0 Å². The number of aromatic amines is 1. The Morgan fingerprint density at radius 3 is 1.87 bits per heavy atom. The molecule has 0 radical (unpaired) electrons. The number of H-pyrrole nitrogens is 1. The van der Waals surface area contributed by atoms with E-state index in [0.717, 1.165) is 63.1 Å². The lowest BCUT2D eigenvalue weighted by Gasteiger charge is -2.15. The summed E-state index contributed by atoms with van der Waals surface area (Å²) in [6, 6.07) is 19.4. The molecule has 8 rings (SSSR count). The minimum absolute atomic E-state index is 0.218. The van der Waals surface area contributed by atoms with E-state index in [0.29, 0.717) is 41.2 Å². The molecule has 0 unspecified atom stereocenters. The molecular formula is C41H39N9O4. The van der Waals surface area contributed by atoms with Gasteiger partial charge < -0.3 is 9.47 Å². The van der Waals surface area contributed by atoms with E-state index in [9.17, 15) is 9.59 Å². The molecule has 1 aliphatic rings. The number of rotatable bonds is 12.